The van der Waals surface area contributed by atoms with E-state index < -0.39 is 0 Å². The normalized spacial score (nSPS) is 14.6. The van der Waals surface area contributed by atoms with E-state index in [0.29, 0.717) is 13.1 Å². The van der Waals surface area contributed by atoms with Crippen molar-refractivity contribution in [2.45, 2.75) is 52.1 Å². The fraction of sp³-hybridized carbons (Fsp3) is 0.462. The lowest BCUT2D eigenvalue weighted by Crippen LogP contribution is -2.41. The number of carbonyl (C=O) groups excluding carboxylic acids is 2. The molecule has 6 nitrogen and oxygen atoms in total. The smallest absolute Gasteiger partial charge is 0.318 e. The van der Waals surface area contributed by atoms with Crippen molar-refractivity contribution in [3.8, 4) is 0 Å². The van der Waals surface area contributed by atoms with E-state index in [9.17, 15) is 9.59 Å². The molecule has 0 heterocycles. The number of hydrogen-bond donors (Lipinski definition) is 2. The number of benzene rings is 2. The minimum absolute atomic E-state index is 0.101. The van der Waals surface area contributed by atoms with E-state index in [-0.39, 0.29) is 23.9 Å². The predicted molar refractivity (Wildman–Crippen MR) is 131 cm³/mol. The number of rotatable bonds is 8. The largest absolute Gasteiger partial charge is 0.377 e. The average molecular weight is 437 g/mol. The monoisotopic (exact) mass is 436 g/mol. The van der Waals surface area contributed by atoms with Gasteiger partial charge < -0.3 is 20.4 Å². The zero-order valence-electron chi connectivity index (χ0n) is 19.7. The molecule has 6 heteroatoms. The van der Waals surface area contributed by atoms with Crippen LogP contribution >= 0.6 is 0 Å². The van der Waals surface area contributed by atoms with Gasteiger partial charge >= 0.3 is 6.03 Å². The van der Waals surface area contributed by atoms with Gasteiger partial charge in [-0.15, -0.1) is 0 Å². The second-order valence-electron chi connectivity index (χ2n) is 8.76. The first kappa shape index (κ1) is 23.6. The quantitative estimate of drug-likeness (QED) is 0.600. The van der Waals surface area contributed by atoms with Gasteiger partial charge in [-0.05, 0) is 56.0 Å². The van der Waals surface area contributed by atoms with Crippen LogP contribution in [0.4, 0.5) is 16.2 Å². The van der Waals surface area contributed by atoms with Gasteiger partial charge in [0.05, 0.1) is 12.6 Å². The van der Waals surface area contributed by atoms with Gasteiger partial charge in [0.15, 0.2) is 0 Å². The molecule has 0 bridgehead atoms. The van der Waals surface area contributed by atoms with Crippen LogP contribution < -0.4 is 15.5 Å². The lowest BCUT2D eigenvalue weighted by atomic mass is 10.0. The van der Waals surface area contributed by atoms with Crippen molar-refractivity contribution in [3.63, 3.8) is 0 Å². The van der Waals surface area contributed by atoms with E-state index in [1.54, 1.807) is 0 Å². The number of carbonyl (C=O) groups is 2. The van der Waals surface area contributed by atoms with Crippen LogP contribution in [0.15, 0.2) is 48.5 Å². The minimum atomic E-state index is -0.103. The average Bonchev–Trinajstić information content (AvgIpc) is 3.33. The molecule has 1 saturated carbocycles. The first-order valence-corrected chi connectivity index (χ1v) is 11.6. The molecule has 2 aromatic rings. The summed E-state index contributed by atoms with van der Waals surface area (Å²) < 4.78 is 0. The van der Waals surface area contributed by atoms with Crippen molar-refractivity contribution < 1.29 is 9.59 Å². The number of nitrogens with one attached hydrogen (secondary N) is 2. The van der Waals surface area contributed by atoms with Crippen LogP contribution in [0.5, 0.6) is 0 Å². The maximum Gasteiger partial charge on any atom is 0.318 e. The molecule has 0 saturated heterocycles. The molecular weight excluding hydrogens is 400 g/mol. The van der Waals surface area contributed by atoms with Crippen molar-refractivity contribution in [2.75, 3.05) is 30.9 Å². The summed E-state index contributed by atoms with van der Waals surface area (Å²) in [7, 11) is 3.99. The van der Waals surface area contributed by atoms with Gasteiger partial charge in [-0.2, -0.15) is 0 Å². The fourth-order valence-corrected chi connectivity index (χ4v) is 4.39. The summed E-state index contributed by atoms with van der Waals surface area (Å²) in [5.74, 6) is 0.209. The molecule has 0 aliphatic heterocycles. The first-order chi connectivity index (χ1) is 15.4. The van der Waals surface area contributed by atoms with Gasteiger partial charge in [0, 0.05) is 37.9 Å². The lowest BCUT2D eigenvalue weighted by molar-refractivity contribution is -0.119. The van der Waals surface area contributed by atoms with Crippen LogP contribution in [0.25, 0.3) is 0 Å². The minimum Gasteiger partial charge on any atom is -0.377 e. The standard InChI is InChI=1S/C26H36N4O2/c1-5-27-26(32)30(19(2)20-11-7-6-8-12-20)18-22-17-23(15-16-24(22)29(3)4)28-25(31)21-13-9-10-14-21/h6-8,11-12,15-17,19,21H,5,9-10,13-14,18H2,1-4H3,(H,27,32)(H,28,31)/t19-/m0/s1. The third-order valence-corrected chi connectivity index (χ3v) is 6.23. The van der Waals surface area contributed by atoms with Crippen LogP contribution in [0.2, 0.25) is 0 Å². The van der Waals surface area contributed by atoms with Crippen molar-refractivity contribution >= 4 is 23.3 Å². The number of amides is 3. The second kappa shape index (κ2) is 11.0. The maximum absolute atomic E-state index is 13.0. The van der Waals surface area contributed by atoms with E-state index in [1.807, 2.05) is 86.3 Å². The molecule has 0 unspecified atom stereocenters. The highest BCUT2D eigenvalue weighted by atomic mass is 16.2. The molecule has 2 aromatic carbocycles. The summed E-state index contributed by atoms with van der Waals surface area (Å²) in [5.41, 5.74) is 3.88. The zero-order chi connectivity index (χ0) is 23.1. The van der Waals surface area contributed by atoms with Crippen molar-refractivity contribution in [2.24, 2.45) is 5.92 Å². The van der Waals surface area contributed by atoms with E-state index in [4.69, 9.17) is 0 Å². The Bertz CT molecular complexity index is 907. The Labute approximate surface area is 192 Å². The van der Waals surface area contributed by atoms with Gasteiger partial charge in [0.1, 0.15) is 0 Å². The molecule has 3 rings (SSSR count). The molecule has 2 N–H and O–H groups in total. The molecule has 1 aliphatic rings. The van der Waals surface area contributed by atoms with Crippen molar-refractivity contribution in [3.05, 3.63) is 59.7 Å². The Kier molecular flexibility index (Phi) is 8.14. The summed E-state index contributed by atoms with van der Waals surface area (Å²) in [6.45, 7) is 4.97. The molecule has 1 aliphatic carbocycles. The summed E-state index contributed by atoms with van der Waals surface area (Å²) in [4.78, 5) is 29.6. The molecule has 0 aromatic heterocycles. The van der Waals surface area contributed by atoms with Crippen molar-refractivity contribution in [1.82, 2.24) is 10.2 Å². The third-order valence-electron chi connectivity index (χ3n) is 6.23. The van der Waals surface area contributed by atoms with Gasteiger partial charge in [-0.25, -0.2) is 4.79 Å². The molecule has 172 valence electrons. The Morgan fingerprint density at radius 3 is 2.38 bits per heavy atom. The number of anilines is 2. The van der Waals surface area contributed by atoms with E-state index in [2.05, 4.69) is 10.6 Å². The number of urea groups is 1. The molecule has 3 amide bonds. The second-order valence-corrected chi connectivity index (χ2v) is 8.76. The highest BCUT2D eigenvalue weighted by molar-refractivity contribution is 5.93. The Balaban J connectivity index is 1.88. The molecule has 1 fully saturated rings. The van der Waals surface area contributed by atoms with Crippen LogP contribution in [0.3, 0.4) is 0 Å². The number of hydrogen-bond acceptors (Lipinski definition) is 3. The molecule has 1 atom stereocenters. The highest BCUT2D eigenvalue weighted by Gasteiger charge is 2.25. The number of nitrogens with zero attached hydrogens (tertiary/aromatic N) is 2. The Morgan fingerprint density at radius 2 is 1.75 bits per heavy atom. The molecule has 32 heavy (non-hydrogen) atoms. The summed E-state index contributed by atoms with van der Waals surface area (Å²) >= 11 is 0. The fourth-order valence-electron chi connectivity index (χ4n) is 4.39. The van der Waals surface area contributed by atoms with Crippen LogP contribution in [-0.4, -0.2) is 37.5 Å². The topological polar surface area (TPSA) is 64.7 Å². The SMILES string of the molecule is CCNC(=O)N(Cc1cc(NC(=O)C2CCCC2)ccc1N(C)C)[C@@H](C)c1ccccc1. The van der Waals surface area contributed by atoms with Crippen molar-refractivity contribution in [1.29, 1.82) is 0 Å². The zero-order valence-corrected chi connectivity index (χ0v) is 19.7. The predicted octanol–water partition coefficient (Wildman–Crippen LogP) is 5.17. The van der Waals surface area contributed by atoms with Gasteiger partial charge in [-0.3, -0.25) is 4.79 Å². The molecule has 0 spiro atoms. The lowest BCUT2D eigenvalue weighted by Gasteiger charge is -2.31. The maximum atomic E-state index is 13.0. The summed E-state index contributed by atoms with van der Waals surface area (Å²) in [5, 5.41) is 6.06. The van der Waals surface area contributed by atoms with Gasteiger partial charge in [-0.1, -0.05) is 43.2 Å². The van der Waals surface area contributed by atoms with Gasteiger partial charge in [0.25, 0.3) is 0 Å². The molecular formula is C26H36N4O2. The highest BCUT2D eigenvalue weighted by Crippen LogP contribution is 2.30. The Hall–Kier alpha value is -3.02. The Morgan fingerprint density at radius 1 is 1.06 bits per heavy atom. The molecule has 0 radical (unpaired) electrons. The van der Waals surface area contributed by atoms with Gasteiger partial charge in [0.2, 0.25) is 5.91 Å². The van der Waals surface area contributed by atoms with Crippen LogP contribution in [-0.2, 0) is 11.3 Å². The van der Waals surface area contributed by atoms with E-state index >= 15 is 0 Å². The van der Waals surface area contributed by atoms with Crippen LogP contribution in [0, 0.1) is 5.92 Å². The third kappa shape index (κ3) is 5.81. The van der Waals surface area contributed by atoms with Crippen LogP contribution in [0.1, 0.15) is 56.7 Å². The van der Waals surface area contributed by atoms with E-state index in [1.165, 1.54) is 0 Å². The summed E-state index contributed by atoms with van der Waals surface area (Å²) in [6.07, 6.45) is 4.19. The first-order valence-electron chi connectivity index (χ1n) is 11.6. The van der Waals surface area contributed by atoms with E-state index in [0.717, 1.165) is 48.2 Å². The summed E-state index contributed by atoms with van der Waals surface area (Å²) in [6, 6.07) is 15.8.